The fraction of sp³-hybridized carbons (Fsp3) is 0.200. The molecule has 4 aromatic rings. The molecule has 0 aliphatic heterocycles. The van der Waals surface area contributed by atoms with Gasteiger partial charge in [-0.3, -0.25) is 4.79 Å². The normalized spacial score (nSPS) is 10.9. The number of ketones is 1. The number of nitrogens with zero attached hydrogens (tertiary/aromatic N) is 1. The van der Waals surface area contributed by atoms with Crippen LogP contribution in [0.4, 0.5) is 0 Å². The molecule has 0 aliphatic rings. The molecule has 31 heavy (non-hydrogen) atoms. The van der Waals surface area contributed by atoms with Crippen LogP contribution in [-0.2, 0) is 11.3 Å². The maximum absolute atomic E-state index is 12.8. The summed E-state index contributed by atoms with van der Waals surface area (Å²) in [6, 6.07) is 16.7. The molecule has 0 saturated carbocycles. The van der Waals surface area contributed by atoms with Crippen molar-refractivity contribution >= 4 is 22.5 Å². The molecule has 4 rings (SSSR count). The molecule has 6 nitrogen and oxygen atoms in total. The first kappa shape index (κ1) is 20.5. The number of rotatable bonds is 7. The summed E-state index contributed by atoms with van der Waals surface area (Å²) < 4.78 is 18.1. The van der Waals surface area contributed by atoms with Gasteiger partial charge in [-0.25, -0.2) is 4.79 Å². The Morgan fingerprint density at radius 2 is 1.71 bits per heavy atom. The van der Waals surface area contributed by atoms with Crippen LogP contribution in [-0.4, -0.2) is 30.0 Å². The van der Waals surface area contributed by atoms with Crippen molar-refractivity contribution in [2.75, 3.05) is 13.7 Å². The quantitative estimate of drug-likeness (QED) is 0.314. The van der Waals surface area contributed by atoms with Gasteiger partial charge in [-0.05, 0) is 55.0 Å². The number of carbonyl (C=O) groups excluding carboxylic acids is 2. The number of benzene rings is 2. The van der Waals surface area contributed by atoms with Crippen molar-refractivity contribution in [3.8, 4) is 5.75 Å². The fourth-order valence-electron chi connectivity index (χ4n) is 3.72. The lowest BCUT2D eigenvalue weighted by Crippen LogP contribution is -2.16. The van der Waals surface area contributed by atoms with Crippen LogP contribution in [0.3, 0.4) is 0 Å². The zero-order valence-corrected chi connectivity index (χ0v) is 17.7. The molecule has 2 heterocycles. The number of carbonyl (C=O) groups is 2. The van der Waals surface area contributed by atoms with Gasteiger partial charge in [0, 0.05) is 17.0 Å². The number of hydrogen-bond acceptors (Lipinski definition) is 5. The number of Topliss-reactive ketones (excluding diaryl/α,β-unsaturated/α-hetero) is 1. The van der Waals surface area contributed by atoms with Gasteiger partial charge >= 0.3 is 5.97 Å². The van der Waals surface area contributed by atoms with Gasteiger partial charge in [0.05, 0.1) is 19.9 Å². The summed E-state index contributed by atoms with van der Waals surface area (Å²) in [6.45, 7) is 3.99. The first-order chi connectivity index (χ1) is 15.0. The Labute approximate surface area is 180 Å². The lowest BCUT2D eigenvalue weighted by atomic mass is 10.1. The monoisotopic (exact) mass is 417 g/mol. The standard InChI is InChI=1S/C25H23NO5/c1-16-11-21(17(2)26(16)14-20-9-6-10-30-20)23(27)15-31-25(28)22-12-18-7-4-5-8-19(18)13-24(22)29-3/h4-13H,14-15H2,1-3H3. The lowest BCUT2D eigenvalue weighted by Gasteiger charge is -2.11. The van der Waals surface area contributed by atoms with E-state index in [0.717, 1.165) is 27.9 Å². The Bertz CT molecular complexity index is 1250. The van der Waals surface area contributed by atoms with Crippen molar-refractivity contribution in [1.82, 2.24) is 4.57 Å². The highest BCUT2D eigenvalue weighted by Crippen LogP contribution is 2.27. The zero-order valence-electron chi connectivity index (χ0n) is 17.7. The topological polar surface area (TPSA) is 70.7 Å². The van der Waals surface area contributed by atoms with Crippen LogP contribution in [0, 0.1) is 13.8 Å². The fourth-order valence-corrected chi connectivity index (χ4v) is 3.72. The Kier molecular flexibility index (Phi) is 5.62. The Hall–Kier alpha value is -3.80. The van der Waals surface area contributed by atoms with E-state index < -0.39 is 5.97 Å². The third-order valence-corrected chi connectivity index (χ3v) is 5.39. The highest BCUT2D eigenvalue weighted by atomic mass is 16.5. The number of esters is 1. The summed E-state index contributed by atoms with van der Waals surface area (Å²) in [6.07, 6.45) is 1.62. The molecule has 0 fully saturated rings. The van der Waals surface area contributed by atoms with E-state index in [1.165, 1.54) is 7.11 Å². The second-order valence-electron chi connectivity index (χ2n) is 7.35. The van der Waals surface area contributed by atoms with Crippen LogP contribution in [0.15, 0.2) is 65.3 Å². The largest absolute Gasteiger partial charge is 0.496 e. The smallest absolute Gasteiger partial charge is 0.342 e. The van der Waals surface area contributed by atoms with Crippen LogP contribution in [0.2, 0.25) is 0 Å². The minimum atomic E-state index is -0.597. The van der Waals surface area contributed by atoms with Gasteiger partial charge in [-0.1, -0.05) is 24.3 Å². The maximum atomic E-state index is 12.8. The molecule has 2 aromatic heterocycles. The van der Waals surface area contributed by atoms with Crippen molar-refractivity contribution in [3.63, 3.8) is 0 Å². The number of methoxy groups -OCH3 is 1. The molecule has 0 unspecified atom stereocenters. The summed E-state index contributed by atoms with van der Waals surface area (Å²) in [5, 5.41) is 1.85. The SMILES string of the molecule is COc1cc2ccccc2cc1C(=O)OCC(=O)c1cc(C)n(Cc2ccco2)c1C. The lowest BCUT2D eigenvalue weighted by molar-refractivity contribution is 0.0471. The molecule has 0 bridgehead atoms. The number of aromatic nitrogens is 1. The van der Waals surface area contributed by atoms with Gasteiger partial charge in [-0.2, -0.15) is 0 Å². The molecule has 158 valence electrons. The van der Waals surface area contributed by atoms with Gasteiger partial charge in [0.1, 0.15) is 17.1 Å². The van der Waals surface area contributed by atoms with E-state index in [4.69, 9.17) is 13.9 Å². The van der Waals surface area contributed by atoms with E-state index in [9.17, 15) is 9.59 Å². The molecular formula is C25H23NO5. The maximum Gasteiger partial charge on any atom is 0.342 e. The van der Waals surface area contributed by atoms with Crippen LogP contribution in [0.5, 0.6) is 5.75 Å². The average Bonchev–Trinajstić information content (AvgIpc) is 3.40. The van der Waals surface area contributed by atoms with Gasteiger partial charge in [0.25, 0.3) is 0 Å². The number of furan rings is 1. The van der Waals surface area contributed by atoms with Crippen molar-refractivity contribution < 1.29 is 23.5 Å². The van der Waals surface area contributed by atoms with Gasteiger partial charge < -0.3 is 18.5 Å². The number of ether oxygens (including phenoxy) is 2. The Morgan fingerprint density at radius 1 is 0.968 bits per heavy atom. The van der Waals surface area contributed by atoms with Gasteiger partial charge in [0.2, 0.25) is 5.78 Å². The zero-order chi connectivity index (χ0) is 22.0. The third-order valence-electron chi connectivity index (χ3n) is 5.39. The second kappa shape index (κ2) is 8.52. The molecule has 0 N–H and O–H groups in total. The molecule has 0 radical (unpaired) electrons. The number of fused-ring (bicyclic) bond motifs is 1. The minimum absolute atomic E-state index is 0.257. The number of aryl methyl sites for hydroxylation is 1. The molecular weight excluding hydrogens is 394 g/mol. The van der Waals surface area contributed by atoms with E-state index in [1.54, 1.807) is 18.4 Å². The number of hydrogen-bond donors (Lipinski definition) is 0. The molecule has 0 aliphatic carbocycles. The van der Waals surface area contributed by atoms with Crippen molar-refractivity contribution in [1.29, 1.82) is 0 Å². The summed E-state index contributed by atoms with van der Waals surface area (Å²) in [5.74, 6) is 0.357. The minimum Gasteiger partial charge on any atom is -0.496 e. The molecule has 0 atom stereocenters. The first-order valence-electron chi connectivity index (χ1n) is 9.94. The molecule has 2 aromatic carbocycles. The first-order valence-corrected chi connectivity index (χ1v) is 9.94. The Morgan fingerprint density at radius 3 is 2.39 bits per heavy atom. The van der Waals surface area contributed by atoms with E-state index >= 15 is 0 Å². The highest BCUT2D eigenvalue weighted by Gasteiger charge is 2.20. The van der Waals surface area contributed by atoms with E-state index in [0.29, 0.717) is 17.9 Å². The van der Waals surface area contributed by atoms with Crippen LogP contribution in [0.25, 0.3) is 10.8 Å². The summed E-state index contributed by atoms with van der Waals surface area (Å²) in [7, 11) is 1.50. The van der Waals surface area contributed by atoms with Crippen LogP contribution >= 0.6 is 0 Å². The molecule has 0 amide bonds. The van der Waals surface area contributed by atoms with Crippen LogP contribution in [0.1, 0.15) is 37.9 Å². The summed E-state index contributed by atoms with van der Waals surface area (Å²) in [4.78, 5) is 25.5. The van der Waals surface area contributed by atoms with Crippen LogP contribution < -0.4 is 4.74 Å². The van der Waals surface area contributed by atoms with Gasteiger partial charge in [0.15, 0.2) is 6.61 Å². The second-order valence-corrected chi connectivity index (χ2v) is 7.35. The predicted molar refractivity (Wildman–Crippen MR) is 117 cm³/mol. The van der Waals surface area contributed by atoms with E-state index in [-0.39, 0.29) is 18.0 Å². The van der Waals surface area contributed by atoms with Crippen molar-refractivity contribution in [2.45, 2.75) is 20.4 Å². The summed E-state index contributed by atoms with van der Waals surface area (Å²) in [5.41, 5.74) is 2.55. The molecule has 6 heteroatoms. The predicted octanol–water partition coefficient (Wildman–Crippen LogP) is 4.95. The van der Waals surface area contributed by atoms with Crippen molar-refractivity contribution in [2.24, 2.45) is 0 Å². The van der Waals surface area contributed by atoms with E-state index in [2.05, 4.69) is 0 Å². The molecule has 0 saturated heterocycles. The summed E-state index contributed by atoms with van der Waals surface area (Å²) >= 11 is 0. The average molecular weight is 417 g/mol. The highest BCUT2D eigenvalue weighted by molar-refractivity contribution is 6.02. The van der Waals surface area contributed by atoms with Gasteiger partial charge in [-0.15, -0.1) is 0 Å². The third kappa shape index (κ3) is 4.10. The molecule has 0 spiro atoms. The van der Waals surface area contributed by atoms with Crippen molar-refractivity contribution in [3.05, 3.63) is 89.1 Å². The van der Waals surface area contributed by atoms with E-state index in [1.807, 2.05) is 60.9 Å². The Balaban J connectivity index is 1.50.